The molecule has 0 spiro atoms. The zero-order valence-electron chi connectivity index (χ0n) is 22.9. The summed E-state index contributed by atoms with van der Waals surface area (Å²) in [5, 5.41) is 5.95. The number of benzene rings is 1. The first-order chi connectivity index (χ1) is 16.9. The first-order valence-electron chi connectivity index (χ1n) is 12.6. The number of para-hydroxylation sites is 2. The molecule has 36 heavy (non-hydrogen) atoms. The molecular weight excluding hydrogens is 456 g/mol. The lowest BCUT2D eigenvalue weighted by Gasteiger charge is -2.29. The highest BCUT2D eigenvalue weighted by Crippen LogP contribution is 2.29. The number of alkyl carbamates (subject to hydrolysis) is 1. The number of allylic oxidation sites excluding steroid dienone is 1. The Morgan fingerprint density at radius 1 is 1.25 bits per heavy atom. The summed E-state index contributed by atoms with van der Waals surface area (Å²) in [6.07, 6.45) is 5.08. The van der Waals surface area contributed by atoms with Crippen molar-refractivity contribution in [2.75, 3.05) is 43.9 Å². The average Bonchev–Trinajstić information content (AvgIpc) is 3.29. The topological polar surface area (TPSA) is 112 Å². The third-order valence-electron chi connectivity index (χ3n) is 6.19. The number of carbonyl (C=O) groups is 2. The maximum atomic E-state index is 13.2. The Balaban J connectivity index is 1.87. The number of likely N-dealkylation sites (tertiary alicyclic amines) is 1. The van der Waals surface area contributed by atoms with Crippen LogP contribution in [0, 0.1) is 5.41 Å². The average molecular weight is 501 g/mol. The van der Waals surface area contributed by atoms with Crippen molar-refractivity contribution in [1.29, 1.82) is 0 Å². The quantitative estimate of drug-likeness (QED) is 0.331. The minimum Gasteiger partial charge on any atom is -0.444 e. The van der Waals surface area contributed by atoms with Gasteiger partial charge in [-0.05, 0) is 52.2 Å². The van der Waals surface area contributed by atoms with Crippen molar-refractivity contribution in [1.82, 2.24) is 10.2 Å². The fourth-order valence-electron chi connectivity index (χ4n) is 4.16. The largest absolute Gasteiger partial charge is 0.444 e. The van der Waals surface area contributed by atoms with Crippen LogP contribution in [-0.2, 0) is 9.53 Å². The smallest absolute Gasteiger partial charge is 0.407 e. The van der Waals surface area contributed by atoms with E-state index < -0.39 is 17.1 Å². The van der Waals surface area contributed by atoms with Crippen LogP contribution in [0.3, 0.4) is 0 Å². The molecule has 1 unspecified atom stereocenters. The van der Waals surface area contributed by atoms with Gasteiger partial charge in [-0.1, -0.05) is 26.0 Å². The van der Waals surface area contributed by atoms with Gasteiger partial charge in [-0.25, -0.2) is 4.79 Å². The molecule has 1 fully saturated rings. The van der Waals surface area contributed by atoms with Gasteiger partial charge in [0.25, 0.3) is 0 Å². The number of hydrogen-bond donors (Lipinski definition) is 3. The van der Waals surface area contributed by atoms with E-state index in [9.17, 15) is 9.59 Å². The lowest BCUT2D eigenvalue weighted by molar-refractivity contribution is -0.139. The fraction of sp³-hybridized carbons (Fsp3) is 0.593. The number of anilines is 2. The van der Waals surface area contributed by atoms with E-state index in [0.29, 0.717) is 32.5 Å². The highest BCUT2D eigenvalue weighted by Gasteiger charge is 2.35. The van der Waals surface area contributed by atoms with Gasteiger partial charge in [-0.15, -0.1) is 0 Å². The molecule has 0 saturated carbocycles. The number of aliphatic imine (C=N–C) groups is 1. The third-order valence-corrected chi connectivity index (χ3v) is 6.19. The molecule has 1 aliphatic heterocycles. The Morgan fingerprint density at radius 3 is 2.58 bits per heavy atom. The number of rotatable bonds is 10. The molecule has 2 rings (SSSR count). The van der Waals surface area contributed by atoms with Crippen LogP contribution in [0.5, 0.6) is 0 Å². The van der Waals surface area contributed by atoms with Crippen LogP contribution in [0.2, 0.25) is 0 Å². The predicted octanol–water partition coefficient (Wildman–Crippen LogP) is 3.97. The minimum atomic E-state index is -0.526. The van der Waals surface area contributed by atoms with Gasteiger partial charge in [0.05, 0.1) is 23.1 Å². The van der Waals surface area contributed by atoms with Crippen LogP contribution in [0.4, 0.5) is 16.2 Å². The molecule has 1 aromatic rings. The molecule has 1 aliphatic rings. The first-order valence-corrected chi connectivity index (χ1v) is 12.6. The van der Waals surface area contributed by atoms with E-state index in [1.54, 1.807) is 12.4 Å². The molecule has 2 amide bonds. The minimum absolute atomic E-state index is 0.0291. The van der Waals surface area contributed by atoms with Gasteiger partial charge in [0.1, 0.15) is 5.60 Å². The van der Waals surface area contributed by atoms with E-state index in [1.807, 2.05) is 82.8 Å². The van der Waals surface area contributed by atoms with Gasteiger partial charge in [-0.3, -0.25) is 9.79 Å². The second-order valence-electron chi connectivity index (χ2n) is 10.8. The van der Waals surface area contributed by atoms with Gasteiger partial charge in [0.2, 0.25) is 5.91 Å². The van der Waals surface area contributed by atoms with Crippen molar-refractivity contribution in [2.24, 2.45) is 16.1 Å². The summed E-state index contributed by atoms with van der Waals surface area (Å²) >= 11 is 0. The van der Waals surface area contributed by atoms with E-state index >= 15 is 0 Å². The van der Waals surface area contributed by atoms with Crippen molar-refractivity contribution in [3.63, 3.8) is 0 Å². The third kappa shape index (κ3) is 8.46. The molecule has 200 valence electrons. The normalized spacial score (nSPS) is 16.8. The van der Waals surface area contributed by atoms with E-state index in [1.165, 1.54) is 0 Å². The van der Waals surface area contributed by atoms with Crippen molar-refractivity contribution in [3.8, 4) is 0 Å². The number of hydrogen-bond acceptors (Lipinski definition) is 7. The van der Waals surface area contributed by atoms with Gasteiger partial charge in [-0.2, -0.15) is 0 Å². The second-order valence-corrected chi connectivity index (χ2v) is 10.8. The molecule has 1 heterocycles. The van der Waals surface area contributed by atoms with Gasteiger partial charge >= 0.3 is 6.09 Å². The maximum absolute atomic E-state index is 13.2. The Kier molecular flexibility index (Phi) is 10.2. The van der Waals surface area contributed by atoms with E-state index in [4.69, 9.17) is 15.5 Å². The van der Waals surface area contributed by atoms with Gasteiger partial charge < -0.3 is 30.9 Å². The molecule has 0 radical (unpaired) electrons. The molecule has 1 atom stereocenters. The molecule has 4 N–H and O–H groups in total. The van der Waals surface area contributed by atoms with Crippen LogP contribution in [0.1, 0.15) is 53.9 Å². The molecular formula is C27H44N6O3. The number of nitrogens with one attached hydrogen (secondary N) is 2. The van der Waals surface area contributed by atoms with Crippen LogP contribution >= 0.6 is 0 Å². The number of nitrogens with two attached hydrogens (primary N) is 1. The Bertz CT molecular complexity index is 951. The zero-order chi connectivity index (χ0) is 26.9. The number of ether oxygens (including phenoxy) is 1. The zero-order valence-corrected chi connectivity index (χ0v) is 22.9. The van der Waals surface area contributed by atoms with E-state index in [2.05, 4.69) is 10.6 Å². The Labute approximate surface area is 216 Å². The van der Waals surface area contributed by atoms with Crippen molar-refractivity contribution < 1.29 is 14.3 Å². The molecule has 9 nitrogen and oxygen atoms in total. The van der Waals surface area contributed by atoms with Crippen LogP contribution in [0.15, 0.2) is 41.2 Å². The van der Waals surface area contributed by atoms with Crippen LogP contribution in [0.25, 0.3) is 0 Å². The van der Waals surface area contributed by atoms with Gasteiger partial charge in [0, 0.05) is 51.6 Å². The van der Waals surface area contributed by atoms with E-state index in [-0.39, 0.29) is 11.9 Å². The SMILES string of the molecule is CNc1ccccc1N(C)C(C=NC1CCN(C(=O)C(C)(C)CCCNC(=O)OC(C)(C)C)C1)=CN. The summed E-state index contributed by atoms with van der Waals surface area (Å²) in [4.78, 5) is 33.6. The Hall–Kier alpha value is -3.23. The number of carbonyl (C=O) groups excluding carboxylic acids is 2. The summed E-state index contributed by atoms with van der Waals surface area (Å²) < 4.78 is 5.25. The monoisotopic (exact) mass is 500 g/mol. The summed E-state index contributed by atoms with van der Waals surface area (Å²) in [5.74, 6) is 0.118. The maximum Gasteiger partial charge on any atom is 0.407 e. The van der Waals surface area contributed by atoms with Crippen molar-refractivity contribution in [2.45, 2.75) is 65.5 Å². The Morgan fingerprint density at radius 2 is 1.94 bits per heavy atom. The molecule has 1 aromatic carbocycles. The molecule has 0 bridgehead atoms. The highest BCUT2D eigenvalue weighted by atomic mass is 16.6. The number of amides is 2. The van der Waals surface area contributed by atoms with Crippen molar-refractivity contribution >= 4 is 29.6 Å². The standard InChI is InChI=1S/C27H44N6O3/c1-26(2,3)36-25(35)30-15-10-14-27(4,5)24(34)33-16-13-20(19-33)31-18-21(17-28)32(7)23-12-9-8-11-22(23)29-6/h8-9,11-12,17-18,20,29H,10,13-16,19,28H2,1-7H3,(H,30,35). The van der Waals surface area contributed by atoms with E-state index in [0.717, 1.165) is 23.5 Å². The number of nitrogens with zero attached hydrogens (tertiary/aromatic N) is 3. The van der Waals surface area contributed by atoms with Crippen LogP contribution in [-0.4, -0.2) is 68.5 Å². The summed E-state index contributed by atoms with van der Waals surface area (Å²) in [5.41, 5.74) is 7.63. The first kappa shape index (κ1) is 29.0. The lowest BCUT2D eigenvalue weighted by atomic mass is 9.86. The molecule has 9 heteroatoms. The second kappa shape index (κ2) is 12.6. The van der Waals surface area contributed by atoms with Crippen molar-refractivity contribution in [3.05, 3.63) is 36.2 Å². The molecule has 0 aromatic heterocycles. The van der Waals surface area contributed by atoms with Gasteiger partial charge in [0.15, 0.2) is 0 Å². The van der Waals surface area contributed by atoms with Crippen LogP contribution < -0.4 is 21.3 Å². The summed E-state index contributed by atoms with van der Waals surface area (Å²) in [7, 11) is 3.83. The molecule has 0 aliphatic carbocycles. The molecule has 1 saturated heterocycles. The highest BCUT2D eigenvalue weighted by molar-refractivity contribution is 5.87. The lowest BCUT2D eigenvalue weighted by Crippen LogP contribution is -2.40. The fourth-order valence-corrected chi connectivity index (χ4v) is 4.16. The summed E-state index contributed by atoms with van der Waals surface area (Å²) in [6, 6.07) is 8.01. The predicted molar refractivity (Wildman–Crippen MR) is 147 cm³/mol. The summed E-state index contributed by atoms with van der Waals surface area (Å²) in [6.45, 7) is 11.1.